The summed E-state index contributed by atoms with van der Waals surface area (Å²) in [5.74, 6) is -0.358. The van der Waals surface area contributed by atoms with Crippen molar-refractivity contribution in [1.82, 2.24) is 19.9 Å². The fourth-order valence-electron chi connectivity index (χ4n) is 3.18. The van der Waals surface area contributed by atoms with E-state index in [0.717, 1.165) is 11.3 Å². The molecule has 7 nitrogen and oxygen atoms in total. The highest BCUT2D eigenvalue weighted by Gasteiger charge is 2.14. The number of aromatic nitrogens is 4. The number of halogens is 1. The van der Waals surface area contributed by atoms with E-state index in [0.29, 0.717) is 35.6 Å². The van der Waals surface area contributed by atoms with Crippen molar-refractivity contribution >= 4 is 34.2 Å². The molecule has 0 spiro atoms. The summed E-state index contributed by atoms with van der Waals surface area (Å²) in [6, 6.07) is 14.3. The van der Waals surface area contributed by atoms with Gasteiger partial charge in [-0.05, 0) is 24.6 Å². The fraction of sp³-hybridized carbons (Fsp3) is 0.136. The van der Waals surface area contributed by atoms with E-state index in [1.807, 2.05) is 30.3 Å². The van der Waals surface area contributed by atoms with Gasteiger partial charge in [0, 0.05) is 12.1 Å². The predicted octanol–water partition coefficient (Wildman–Crippen LogP) is 4.12. The predicted molar refractivity (Wildman–Crippen MR) is 114 cm³/mol. The lowest BCUT2D eigenvalue weighted by atomic mass is 10.1. The van der Waals surface area contributed by atoms with E-state index >= 15 is 0 Å². The molecule has 0 unspecified atom stereocenters. The molecule has 0 aliphatic heterocycles. The molecule has 8 heteroatoms. The van der Waals surface area contributed by atoms with Gasteiger partial charge in [-0.2, -0.15) is 0 Å². The van der Waals surface area contributed by atoms with Crippen LogP contribution in [0, 0.1) is 5.82 Å². The minimum absolute atomic E-state index is 0.0129. The number of benzene rings is 2. The minimum Gasteiger partial charge on any atom is -0.363 e. The smallest absolute Gasteiger partial charge is 0.182 e. The van der Waals surface area contributed by atoms with Crippen molar-refractivity contribution in [3.8, 4) is 0 Å². The summed E-state index contributed by atoms with van der Waals surface area (Å²) in [5, 5.41) is 3.25. The van der Waals surface area contributed by atoms with Crippen LogP contribution >= 0.6 is 0 Å². The number of hydrogen-bond donors (Lipinski definition) is 2. The monoisotopic (exact) mass is 402 g/mol. The van der Waals surface area contributed by atoms with Crippen molar-refractivity contribution in [2.24, 2.45) is 4.99 Å². The second-order valence-corrected chi connectivity index (χ2v) is 6.71. The van der Waals surface area contributed by atoms with Crippen LogP contribution in [0.15, 0.2) is 66.2 Å². The first-order valence-corrected chi connectivity index (χ1v) is 9.39. The molecule has 0 amide bonds. The molecule has 0 aliphatic carbocycles. The van der Waals surface area contributed by atoms with Crippen LogP contribution in [0.5, 0.6) is 0 Å². The van der Waals surface area contributed by atoms with E-state index in [-0.39, 0.29) is 11.3 Å². The Morgan fingerprint density at radius 1 is 1.10 bits per heavy atom. The van der Waals surface area contributed by atoms with Crippen LogP contribution in [0.4, 0.5) is 15.9 Å². The van der Waals surface area contributed by atoms with Gasteiger partial charge in [0.25, 0.3) is 0 Å². The van der Waals surface area contributed by atoms with Gasteiger partial charge >= 0.3 is 0 Å². The van der Waals surface area contributed by atoms with Gasteiger partial charge in [-0.15, -0.1) is 0 Å². The molecule has 0 radical (unpaired) electrons. The van der Waals surface area contributed by atoms with Crippen molar-refractivity contribution < 1.29 is 9.18 Å². The van der Waals surface area contributed by atoms with Crippen molar-refractivity contribution in [3.63, 3.8) is 0 Å². The van der Waals surface area contributed by atoms with Gasteiger partial charge in [-0.25, -0.2) is 19.3 Å². The first kappa shape index (κ1) is 19.4. The number of H-pyrrole nitrogens is 1. The molecule has 150 valence electrons. The Bertz CT molecular complexity index is 1220. The van der Waals surface area contributed by atoms with E-state index in [1.165, 1.54) is 19.3 Å². The SMILES string of the molecule is CC(=O)c1c(F)cccc1N=C(CNc1ncnc2nc[nH]c12)Cc1ccccc1. The average Bonchev–Trinajstić information content (AvgIpc) is 3.22. The summed E-state index contributed by atoms with van der Waals surface area (Å²) >= 11 is 0. The number of aliphatic imine (C=N–C) groups is 1. The summed E-state index contributed by atoms with van der Waals surface area (Å²) in [6.07, 6.45) is 3.51. The molecular formula is C22H19FN6O. The lowest BCUT2D eigenvalue weighted by Gasteiger charge is -2.11. The number of anilines is 1. The largest absolute Gasteiger partial charge is 0.363 e. The number of aromatic amines is 1. The fourth-order valence-corrected chi connectivity index (χ4v) is 3.18. The molecule has 2 heterocycles. The van der Waals surface area contributed by atoms with Gasteiger partial charge in [0.05, 0.1) is 24.1 Å². The van der Waals surface area contributed by atoms with E-state index in [4.69, 9.17) is 0 Å². The number of carbonyl (C=O) groups excluding carboxylic acids is 1. The molecule has 30 heavy (non-hydrogen) atoms. The summed E-state index contributed by atoms with van der Waals surface area (Å²) in [5.41, 5.74) is 3.31. The highest BCUT2D eigenvalue weighted by atomic mass is 19.1. The Kier molecular flexibility index (Phi) is 5.56. The van der Waals surface area contributed by atoms with Gasteiger partial charge in [0.15, 0.2) is 17.2 Å². The van der Waals surface area contributed by atoms with Crippen LogP contribution < -0.4 is 5.32 Å². The van der Waals surface area contributed by atoms with E-state index < -0.39 is 5.82 Å². The van der Waals surface area contributed by atoms with Crippen LogP contribution in [0.1, 0.15) is 22.8 Å². The Labute approximate surface area is 172 Å². The first-order chi connectivity index (χ1) is 14.6. The number of fused-ring (bicyclic) bond motifs is 1. The standard InChI is InChI=1S/C22H19FN6O/c1-14(30)19-17(23)8-5-9-18(19)29-16(10-15-6-3-2-4-7-15)11-24-21-20-22(26-12-25-20)28-13-27-21/h2-9,12-13H,10-11H2,1H3,(H2,24,25,26,27,28). The number of ketones is 1. The van der Waals surface area contributed by atoms with Gasteiger partial charge < -0.3 is 10.3 Å². The van der Waals surface area contributed by atoms with Crippen molar-refractivity contribution in [1.29, 1.82) is 0 Å². The van der Waals surface area contributed by atoms with Crippen molar-refractivity contribution in [3.05, 3.63) is 78.1 Å². The second kappa shape index (κ2) is 8.60. The molecule has 4 aromatic rings. The van der Waals surface area contributed by atoms with Gasteiger partial charge in [-0.1, -0.05) is 36.4 Å². The zero-order valence-corrected chi connectivity index (χ0v) is 16.3. The lowest BCUT2D eigenvalue weighted by molar-refractivity contribution is 0.101. The number of imidazole rings is 1. The first-order valence-electron chi connectivity index (χ1n) is 9.39. The Hall–Kier alpha value is -3.94. The van der Waals surface area contributed by atoms with Crippen LogP contribution in [0.2, 0.25) is 0 Å². The van der Waals surface area contributed by atoms with Crippen LogP contribution in [0.3, 0.4) is 0 Å². The Morgan fingerprint density at radius 2 is 1.93 bits per heavy atom. The third kappa shape index (κ3) is 4.22. The molecule has 4 rings (SSSR count). The lowest BCUT2D eigenvalue weighted by Crippen LogP contribution is -2.17. The molecule has 0 bridgehead atoms. The minimum atomic E-state index is -0.578. The van der Waals surface area contributed by atoms with Gasteiger partial charge in [-0.3, -0.25) is 9.79 Å². The zero-order chi connectivity index (χ0) is 20.9. The molecule has 2 N–H and O–H groups in total. The number of nitrogens with one attached hydrogen (secondary N) is 2. The summed E-state index contributed by atoms with van der Waals surface area (Å²) in [6.45, 7) is 1.68. The Balaban J connectivity index is 1.68. The normalized spacial score (nSPS) is 11.6. The van der Waals surface area contributed by atoms with E-state index in [9.17, 15) is 9.18 Å². The number of nitrogens with zero attached hydrogens (tertiary/aromatic N) is 4. The maximum atomic E-state index is 14.2. The second-order valence-electron chi connectivity index (χ2n) is 6.71. The van der Waals surface area contributed by atoms with Crippen molar-refractivity contribution in [2.75, 3.05) is 11.9 Å². The summed E-state index contributed by atoms with van der Waals surface area (Å²) < 4.78 is 14.2. The number of Topliss-reactive ketones (excluding diaryl/α,β-unsaturated/α-hetero) is 1. The molecule has 0 aliphatic rings. The molecule has 0 fully saturated rings. The van der Waals surface area contributed by atoms with Crippen LogP contribution in [-0.2, 0) is 6.42 Å². The summed E-state index contributed by atoms with van der Waals surface area (Å²) in [7, 11) is 0. The third-order valence-electron chi connectivity index (χ3n) is 4.56. The summed E-state index contributed by atoms with van der Waals surface area (Å²) in [4.78, 5) is 32.1. The molecule has 0 atom stereocenters. The average molecular weight is 402 g/mol. The van der Waals surface area contributed by atoms with E-state index in [2.05, 4.69) is 30.2 Å². The molecular weight excluding hydrogens is 383 g/mol. The maximum absolute atomic E-state index is 14.2. The number of rotatable bonds is 7. The van der Waals surface area contributed by atoms with Crippen molar-refractivity contribution in [2.45, 2.75) is 13.3 Å². The zero-order valence-electron chi connectivity index (χ0n) is 16.3. The highest BCUT2D eigenvalue weighted by molar-refractivity contribution is 6.01. The quantitative estimate of drug-likeness (QED) is 0.358. The third-order valence-corrected chi connectivity index (χ3v) is 4.56. The highest BCUT2D eigenvalue weighted by Crippen LogP contribution is 2.23. The van der Waals surface area contributed by atoms with Gasteiger partial charge in [0.1, 0.15) is 17.7 Å². The maximum Gasteiger partial charge on any atom is 0.182 e. The molecule has 0 saturated heterocycles. The Morgan fingerprint density at radius 3 is 2.73 bits per heavy atom. The number of hydrogen-bond acceptors (Lipinski definition) is 6. The van der Waals surface area contributed by atoms with Crippen LogP contribution in [-0.4, -0.2) is 38.0 Å². The van der Waals surface area contributed by atoms with Crippen LogP contribution in [0.25, 0.3) is 11.2 Å². The topological polar surface area (TPSA) is 95.9 Å². The van der Waals surface area contributed by atoms with E-state index in [1.54, 1.807) is 18.5 Å². The molecule has 2 aromatic carbocycles. The molecule has 0 saturated carbocycles. The number of carbonyl (C=O) groups is 1. The molecule has 2 aromatic heterocycles. The van der Waals surface area contributed by atoms with Gasteiger partial charge in [0.2, 0.25) is 0 Å².